The molecule has 1 unspecified atom stereocenters. The maximum absolute atomic E-state index is 11.7. The van der Waals surface area contributed by atoms with Gasteiger partial charge in [-0.15, -0.1) is 0 Å². The smallest absolute Gasteiger partial charge is 0.224 e. The van der Waals surface area contributed by atoms with E-state index in [0.717, 1.165) is 31.5 Å². The quantitative estimate of drug-likeness (QED) is 0.778. The van der Waals surface area contributed by atoms with Crippen LogP contribution in [0.4, 0.5) is 0 Å². The molecule has 0 aromatic carbocycles. The largest absolute Gasteiger partial charge is 0.352 e. The highest BCUT2D eigenvalue weighted by molar-refractivity contribution is 5.78. The van der Waals surface area contributed by atoms with Crippen LogP contribution in [0.15, 0.2) is 24.5 Å². The van der Waals surface area contributed by atoms with E-state index in [1.165, 1.54) is 0 Å². The Bertz CT molecular complexity index is 333. The van der Waals surface area contributed by atoms with E-state index in [-0.39, 0.29) is 11.9 Å². The molecule has 0 radical (unpaired) electrons. The van der Waals surface area contributed by atoms with Crippen LogP contribution in [-0.2, 0) is 11.2 Å². The SMILES string of the molecule is O=C(Cc1cccnc1)NC1CCCNC1. The zero-order chi connectivity index (χ0) is 11.2. The zero-order valence-corrected chi connectivity index (χ0v) is 9.28. The predicted molar refractivity (Wildman–Crippen MR) is 62.0 cm³/mol. The Kier molecular flexibility index (Phi) is 3.88. The van der Waals surface area contributed by atoms with Crippen molar-refractivity contribution in [2.45, 2.75) is 25.3 Å². The van der Waals surface area contributed by atoms with Crippen LogP contribution < -0.4 is 10.6 Å². The van der Waals surface area contributed by atoms with Gasteiger partial charge in [0.25, 0.3) is 0 Å². The van der Waals surface area contributed by atoms with Gasteiger partial charge in [0.05, 0.1) is 6.42 Å². The third kappa shape index (κ3) is 3.31. The lowest BCUT2D eigenvalue weighted by Gasteiger charge is -2.23. The van der Waals surface area contributed by atoms with Crippen molar-refractivity contribution >= 4 is 5.91 Å². The van der Waals surface area contributed by atoms with E-state index in [9.17, 15) is 4.79 Å². The van der Waals surface area contributed by atoms with Crippen LogP contribution in [0, 0.1) is 0 Å². The molecule has 2 rings (SSSR count). The summed E-state index contributed by atoms with van der Waals surface area (Å²) in [6.45, 7) is 1.95. The van der Waals surface area contributed by atoms with Crippen LogP contribution in [0.3, 0.4) is 0 Å². The summed E-state index contributed by atoms with van der Waals surface area (Å²) in [6, 6.07) is 4.06. The molecule has 1 fully saturated rings. The summed E-state index contributed by atoms with van der Waals surface area (Å²) in [5.41, 5.74) is 0.962. The summed E-state index contributed by atoms with van der Waals surface area (Å²) in [7, 11) is 0. The molecule has 1 atom stereocenters. The zero-order valence-electron chi connectivity index (χ0n) is 9.28. The fourth-order valence-corrected chi connectivity index (χ4v) is 1.94. The lowest BCUT2D eigenvalue weighted by atomic mass is 10.1. The Morgan fingerprint density at radius 2 is 2.56 bits per heavy atom. The number of rotatable bonds is 3. The van der Waals surface area contributed by atoms with Crippen molar-refractivity contribution in [3.63, 3.8) is 0 Å². The molecular weight excluding hydrogens is 202 g/mol. The molecule has 16 heavy (non-hydrogen) atoms. The van der Waals surface area contributed by atoms with Gasteiger partial charge in [0, 0.05) is 25.0 Å². The van der Waals surface area contributed by atoms with Crippen molar-refractivity contribution in [1.29, 1.82) is 0 Å². The predicted octanol–water partition coefficient (Wildman–Crippen LogP) is 0.492. The normalized spacial score (nSPS) is 20.4. The molecule has 0 spiro atoms. The summed E-state index contributed by atoms with van der Waals surface area (Å²) >= 11 is 0. The number of aromatic nitrogens is 1. The molecule has 0 bridgehead atoms. The van der Waals surface area contributed by atoms with Gasteiger partial charge in [0.1, 0.15) is 0 Å². The van der Waals surface area contributed by atoms with Crippen LogP contribution in [0.1, 0.15) is 18.4 Å². The second kappa shape index (κ2) is 5.61. The van der Waals surface area contributed by atoms with Gasteiger partial charge in [0.15, 0.2) is 0 Å². The molecule has 1 aromatic heterocycles. The minimum absolute atomic E-state index is 0.0849. The molecule has 2 N–H and O–H groups in total. The Morgan fingerprint density at radius 3 is 3.25 bits per heavy atom. The number of nitrogens with zero attached hydrogens (tertiary/aromatic N) is 1. The van der Waals surface area contributed by atoms with Gasteiger partial charge in [0.2, 0.25) is 5.91 Å². The average Bonchev–Trinajstić information content (AvgIpc) is 2.31. The lowest BCUT2D eigenvalue weighted by molar-refractivity contribution is -0.121. The maximum Gasteiger partial charge on any atom is 0.224 e. The number of amides is 1. The summed E-state index contributed by atoms with van der Waals surface area (Å²) in [6.07, 6.45) is 6.08. The van der Waals surface area contributed by atoms with E-state index >= 15 is 0 Å². The Balaban J connectivity index is 1.80. The highest BCUT2D eigenvalue weighted by Gasteiger charge is 2.15. The number of hydrogen-bond donors (Lipinski definition) is 2. The summed E-state index contributed by atoms with van der Waals surface area (Å²) in [5, 5.41) is 6.32. The molecule has 4 nitrogen and oxygen atoms in total. The van der Waals surface area contributed by atoms with Gasteiger partial charge >= 0.3 is 0 Å². The summed E-state index contributed by atoms with van der Waals surface area (Å²) < 4.78 is 0. The highest BCUT2D eigenvalue weighted by Crippen LogP contribution is 2.02. The van der Waals surface area contributed by atoms with E-state index in [0.29, 0.717) is 6.42 Å². The van der Waals surface area contributed by atoms with Gasteiger partial charge < -0.3 is 10.6 Å². The number of carbonyl (C=O) groups excluding carboxylic acids is 1. The number of pyridine rings is 1. The Morgan fingerprint density at radius 1 is 1.62 bits per heavy atom. The second-order valence-corrected chi connectivity index (χ2v) is 4.15. The number of carbonyl (C=O) groups is 1. The van der Waals surface area contributed by atoms with Crippen molar-refractivity contribution in [3.05, 3.63) is 30.1 Å². The molecule has 4 heteroatoms. The molecule has 1 aliphatic rings. The van der Waals surface area contributed by atoms with Crippen molar-refractivity contribution < 1.29 is 4.79 Å². The first kappa shape index (κ1) is 11.1. The van der Waals surface area contributed by atoms with Crippen molar-refractivity contribution in [2.75, 3.05) is 13.1 Å². The number of hydrogen-bond acceptors (Lipinski definition) is 3. The molecule has 1 aliphatic heterocycles. The first-order chi connectivity index (χ1) is 7.84. The van der Waals surface area contributed by atoms with Gasteiger partial charge in [-0.05, 0) is 31.0 Å². The molecule has 1 saturated heterocycles. The fraction of sp³-hybridized carbons (Fsp3) is 0.500. The lowest BCUT2D eigenvalue weighted by Crippen LogP contribution is -2.46. The maximum atomic E-state index is 11.7. The van der Waals surface area contributed by atoms with Crippen LogP contribution in [0.5, 0.6) is 0 Å². The topological polar surface area (TPSA) is 54.0 Å². The average molecular weight is 219 g/mol. The van der Waals surface area contributed by atoms with Crippen molar-refractivity contribution in [3.8, 4) is 0 Å². The first-order valence-corrected chi connectivity index (χ1v) is 5.73. The third-order valence-corrected chi connectivity index (χ3v) is 2.75. The first-order valence-electron chi connectivity index (χ1n) is 5.73. The Hall–Kier alpha value is -1.42. The van der Waals surface area contributed by atoms with Crippen LogP contribution in [-0.4, -0.2) is 30.0 Å². The monoisotopic (exact) mass is 219 g/mol. The van der Waals surface area contributed by atoms with Crippen LogP contribution in [0.25, 0.3) is 0 Å². The van der Waals surface area contributed by atoms with E-state index in [1.54, 1.807) is 12.4 Å². The molecule has 0 saturated carbocycles. The van der Waals surface area contributed by atoms with Crippen molar-refractivity contribution in [2.24, 2.45) is 0 Å². The molecule has 1 aromatic rings. The molecule has 0 aliphatic carbocycles. The van der Waals surface area contributed by atoms with Crippen molar-refractivity contribution in [1.82, 2.24) is 15.6 Å². The second-order valence-electron chi connectivity index (χ2n) is 4.15. The Labute approximate surface area is 95.5 Å². The van der Waals surface area contributed by atoms with E-state index in [4.69, 9.17) is 0 Å². The minimum Gasteiger partial charge on any atom is -0.352 e. The minimum atomic E-state index is 0.0849. The van der Waals surface area contributed by atoms with E-state index < -0.39 is 0 Å². The molecular formula is C12H17N3O. The van der Waals surface area contributed by atoms with E-state index in [2.05, 4.69) is 15.6 Å². The van der Waals surface area contributed by atoms with Gasteiger partial charge in [-0.3, -0.25) is 9.78 Å². The highest BCUT2D eigenvalue weighted by atomic mass is 16.1. The summed E-state index contributed by atoms with van der Waals surface area (Å²) in [5.74, 6) is 0.0849. The standard InChI is InChI=1S/C12H17N3O/c16-12(7-10-3-1-5-13-8-10)15-11-4-2-6-14-9-11/h1,3,5,8,11,14H,2,4,6-7,9H2,(H,15,16). The van der Waals surface area contributed by atoms with Crippen LogP contribution in [0.2, 0.25) is 0 Å². The van der Waals surface area contributed by atoms with Crippen LogP contribution >= 0.6 is 0 Å². The molecule has 86 valence electrons. The van der Waals surface area contributed by atoms with Gasteiger partial charge in [-0.2, -0.15) is 0 Å². The number of nitrogens with one attached hydrogen (secondary N) is 2. The molecule has 1 amide bonds. The van der Waals surface area contributed by atoms with Gasteiger partial charge in [-0.1, -0.05) is 6.07 Å². The third-order valence-electron chi connectivity index (χ3n) is 2.75. The number of piperidine rings is 1. The molecule has 2 heterocycles. The van der Waals surface area contributed by atoms with E-state index in [1.807, 2.05) is 12.1 Å². The van der Waals surface area contributed by atoms with Gasteiger partial charge in [-0.25, -0.2) is 0 Å². The fourth-order valence-electron chi connectivity index (χ4n) is 1.94. The summed E-state index contributed by atoms with van der Waals surface area (Å²) in [4.78, 5) is 15.7.